The summed E-state index contributed by atoms with van der Waals surface area (Å²) in [4.78, 5) is 11.8. The topological polar surface area (TPSA) is 81.9 Å². The number of carbonyl (C=O) groups is 1. The fraction of sp³-hybridized carbons (Fsp3) is 0. The van der Waals surface area contributed by atoms with Gasteiger partial charge in [-0.2, -0.15) is 5.10 Å². The molecule has 0 saturated heterocycles. The summed E-state index contributed by atoms with van der Waals surface area (Å²) in [7, 11) is 0. The van der Waals surface area contributed by atoms with Crippen molar-refractivity contribution < 1.29 is 15.0 Å². The number of hydrazone groups is 1. The van der Waals surface area contributed by atoms with Crippen LogP contribution in [0.3, 0.4) is 0 Å². The molecule has 2 rings (SSSR count). The molecule has 0 fully saturated rings. The fourth-order valence-electron chi connectivity index (χ4n) is 1.51. The largest absolute Gasteiger partial charge is 0.508 e. The van der Waals surface area contributed by atoms with E-state index in [4.69, 9.17) is 23.2 Å². The van der Waals surface area contributed by atoms with Crippen molar-refractivity contribution in [2.24, 2.45) is 5.10 Å². The van der Waals surface area contributed by atoms with Gasteiger partial charge in [0.15, 0.2) is 0 Å². The Morgan fingerprint density at radius 1 is 1.10 bits per heavy atom. The van der Waals surface area contributed by atoms with Gasteiger partial charge in [0, 0.05) is 11.1 Å². The van der Waals surface area contributed by atoms with Crippen LogP contribution in [0.1, 0.15) is 15.9 Å². The Kier molecular flexibility index (Phi) is 4.67. The molecule has 0 aliphatic heterocycles. The van der Waals surface area contributed by atoms with E-state index < -0.39 is 5.91 Å². The monoisotopic (exact) mass is 324 g/mol. The van der Waals surface area contributed by atoms with Gasteiger partial charge in [0.05, 0.1) is 16.3 Å². The average Bonchev–Trinajstić information content (AvgIpc) is 2.45. The molecular formula is C14H10Cl2N2O3. The Labute approximate surface area is 130 Å². The van der Waals surface area contributed by atoms with Crippen LogP contribution in [0.4, 0.5) is 0 Å². The minimum absolute atomic E-state index is 0.0231. The lowest BCUT2D eigenvalue weighted by molar-refractivity contribution is 0.0955. The molecule has 0 bridgehead atoms. The standard InChI is InChI=1S/C14H10Cl2N2O3/c15-11-3-1-8(6-12(11)16)14(21)18-17-7-9-5-10(19)2-4-13(9)20/h1-7,19-20H,(H,18,21)/b17-7+. The second kappa shape index (κ2) is 6.47. The molecule has 0 aromatic heterocycles. The molecular weight excluding hydrogens is 315 g/mol. The number of amides is 1. The zero-order chi connectivity index (χ0) is 15.4. The molecule has 0 atom stereocenters. The molecule has 0 unspecified atom stereocenters. The Bertz CT molecular complexity index is 717. The number of nitrogens with zero attached hydrogens (tertiary/aromatic N) is 1. The van der Waals surface area contributed by atoms with Gasteiger partial charge in [-0.05, 0) is 36.4 Å². The first-order valence-corrected chi connectivity index (χ1v) is 6.53. The second-order valence-electron chi connectivity index (χ2n) is 4.07. The van der Waals surface area contributed by atoms with Gasteiger partial charge in [-0.25, -0.2) is 5.43 Å². The molecule has 3 N–H and O–H groups in total. The van der Waals surface area contributed by atoms with Crippen molar-refractivity contribution in [2.45, 2.75) is 0 Å². The number of aromatic hydroxyl groups is 2. The molecule has 21 heavy (non-hydrogen) atoms. The average molecular weight is 325 g/mol. The number of phenols is 2. The van der Waals surface area contributed by atoms with Gasteiger partial charge in [0.25, 0.3) is 5.91 Å². The molecule has 0 heterocycles. The van der Waals surface area contributed by atoms with Crippen LogP contribution in [0.25, 0.3) is 0 Å². The summed E-state index contributed by atoms with van der Waals surface area (Å²) >= 11 is 11.6. The third-order valence-electron chi connectivity index (χ3n) is 2.56. The van der Waals surface area contributed by atoms with Crippen LogP contribution in [0.2, 0.25) is 10.0 Å². The van der Waals surface area contributed by atoms with Crippen LogP contribution < -0.4 is 5.43 Å². The van der Waals surface area contributed by atoms with Crippen LogP contribution in [0, 0.1) is 0 Å². The number of carbonyl (C=O) groups excluding carboxylic acids is 1. The number of phenolic OH excluding ortho intramolecular Hbond substituents is 2. The van der Waals surface area contributed by atoms with Crippen LogP contribution in [-0.2, 0) is 0 Å². The third kappa shape index (κ3) is 3.87. The van der Waals surface area contributed by atoms with Crippen molar-refractivity contribution in [3.05, 3.63) is 57.6 Å². The summed E-state index contributed by atoms with van der Waals surface area (Å²) in [6.07, 6.45) is 1.21. The maximum Gasteiger partial charge on any atom is 0.271 e. The molecule has 0 aliphatic carbocycles. The predicted octanol–water partition coefficient (Wildman–Crippen LogP) is 3.17. The smallest absolute Gasteiger partial charge is 0.271 e. The van der Waals surface area contributed by atoms with Crippen LogP contribution in [0.5, 0.6) is 11.5 Å². The maximum atomic E-state index is 11.8. The Morgan fingerprint density at radius 3 is 2.57 bits per heavy atom. The van der Waals surface area contributed by atoms with E-state index in [1.807, 2.05) is 0 Å². The number of hydrogen-bond acceptors (Lipinski definition) is 4. The number of rotatable bonds is 3. The molecule has 0 saturated carbocycles. The van der Waals surface area contributed by atoms with E-state index in [2.05, 4.69) is 10.5 Å². The molecule has 1 amide bonds. The summed E-state index contributed by atoms with van der Waals surface area (Å²) < 4.78 is 0. The van der Waals surface area contributed by atoms with Gasteiger partial charge in [-0.1, -0.05) is 23.2 Å². The maximum absolute atomic E-state index is 11.8. The van der Waals surface area contributed by atoms with E-state index in [1.54, 1.807) is 0 Å². The van der Waals surface area contributed by atoms with Crippen molar-refractivity contribution >= 4 is 35.3 Å². The van der Waals surface area contributed by atoms with Crippen LogP contribution >= 0.6 is 23.2 Å². The normalized spacial score (nSPS) is 10.8. The highest BCUT2D eigenvalue weighted by molar-refractivity contribution is 6.42. The van der Waals surface area contributed by atoms with Crippen LogP contribution in [0.15, 0.2) is 41.5 Å². The SMILES string of the molecule is O=C(N/N=C/c1cc(O)ccc1O)c1ccc(Cl)c(Cl)c1. The molecule has 108 valence electrons. The quantitative estimate of drug-likeness (QED) is 0.460. The van der Waals surface area contributed by atoms with Gasteiger partial charge < -0.3 is 10.2 Å². The number of halogens is 2. The summed E-state index contributed by atoms with van der Waals surface area (Å²) in [5.41, 5.74) is 2.84. The van der Waals surface area contributed by atoms with Crippen molar-refractivity contribution in [3.63, 3.8) is 0 Å². The van der Waals surface area contributed by atoms with Gasteiger partial charge in [-0.3, -0.25) is 4.79 Å². The summed E-state index contributed by atoms with van der Waals surface area (Å²) in [6, 6.07) is 8.39. The summed E-state index contributed by atoms with van der Waals surface area (Å²) in [5.74, 6) is -0.574. The zero-order valence-electron chi connectivity index (χ0n) is 10.5. The highest BCUT2D eigenvalue weighted by Gasteiger charge is 2.07. The first kappa shape index (κ1) is 15.2. The van der Waals surface area contributed by atoms with Gasteiger partial charge >= 0.3 is 0 Å². The van der Waals surface area contributed by atoms with Crippen molar-refractivity contribution in [1.82, 2.24) is 5.43 Å². The van der Waals surface area contributed by atoms with E-state index in [0.29, 0.717) is 10.6 Å². The highest BCUT2D eigenvalue weighted by atomic mass is 35.5. The molecule has 0 aliphatic rings. The number of hydrogen-bond donors (Lipinski definition) is 3. The van der Waals surface area contributed by atoms with Crippen molar-refractivity contribution in [1.29, 1.82) is 0 Å². The van der Waals surface area contributed by atoms with Gasteiger partial charge in [-0.15, -0.1) is 0 Å². The Morgan fingerprint density at radius 2 is 1.86 bits per heavy atom. The van der Waals surface area contributed by atoms with Crippen molar-refractivity contribution in [2.75, 3.05) is 0 Å². The van der Waals surface area contributed by atoms with E-state index in [1.165, 1.54) is 42.6 Å². The molecule has 2 aromatic rings. The Balaban J connectivity index is 2.08. The lowest BCUT2D eigenvalue weighted by Gasteiger charge is -2.02. The number of benzene rings is 2. The zero-order valence-corrected chi connectivity index (χ0v) is 12.1. The van der Waals surface area contributed by atoms with E-state index >= 15 is 0 Å². The van der Waals surface area contributed by atoms with Gasteiger partial charge in [0.1, 0.15) is 11.5 Å². The molecule has 2 aromatic carbocycles. The lowest BCUT2D eigenvalue weighted by atomic mass is 10.2. The molecule has 5 nitrogen and oxygen atoms in total. The van der Waals surface area contributed by atoms with E-state index in [9.17, 15) is 15.0 Å². The highest BCUT2D eigenvalue weighted by Crippen LogP contribution is 2.22. The molecule has 0 spiro atoms. The first-order valence-electron chi connectivity index (χ1n) is 5.78. The first-order chi connectivity index (χ1) is 9.97. The lowest BCUT2D eigenvalue weighted by Crippen LogP contribution is -2.17. The minimum atomic E-state index is -0.482. The molecule has 0 radical (unpaired) electrons. The minimum Gasteiger partial charge on any atom is -0.508 e. The summed E-state index contributed by atoms with van der Waals surface area (Å²) in [6.45, 7) is 0. The fourth-order valence-corrected chi connectivity index (χ4v) is 1.81. The predicted molar refractivity (Wildman–Crippen MR) is 81.3 cm³/mol. The second-order valence-corrected chi connectivity index (χ2v) is 4.89. The Hall–Kier alpha value is -2.24. The van der Waals surface area contributed by atoms with Gasteiger partial charge in [0.2, 0.25) is 0 Å². The van der Waals surface area contributed by atoms with E-state index in [-0.39, 0.29) is 22.1 Å². The summed E-state index contributed by atoms with van der Waals surface area (Å²) in [5, 5.41) is 23.1. The van der Waals surface area contributed by atoms with Crippen molar-refractivity contribution in [3.8, 4) is 11.5 Å². The van der Waals surface area contributed by atoms with Crippen LogP contribution in [-0.4, -0.2) is 22.3 Å². The third-order valence-corrected chi connectivity index (χ3v) is 3.30. The van der Waals surface area contributed by atoms with E-state index in [0.717, 1.165) is 0 Å². The molecule has 7 heteroatoms. The number of nitrogens with one attached hydrogen (secondary N) is 1.